The van der Waals surface area contributed by atoms with Crippen molar-refractivity contribution in [2.24, 2.45) is 11.7 Å². The minimum absolute atomic E-state index is 0.0103. The van der Waals surface area contributed by atoms with Crippen LogP contribution in [0.25, 0.3) is 22.4 Å². The summed E-state index contributed by atoms with van der Waals surface area (Å²) in [5.74, 6) is -1.82. The number of esters is 1. The minimum atomic E-state index is -4.68. The third-order valence-corrected chi connectivity index (χ3v) is 6.82. The van der Waals surface area contributed by atoms with Gasteiger partial charge >= 0.3 is 12.1 Å². The van der Waals surface area contributed by atoms with E-state index in [0.29, 0.717) is 0 Å². The predicted octanol–water partition coefficient (Wildman–Crippen LogP) is 3.86. The van der Waals surface area contributed by atoms with E-state index in [1.165, 1.54) is 30.2 Å². The Kier molecular flexibility index (Phi) is 8.76. The van der Waals surface area contributed by atoms with E-state index in [4.69, 9.17) is 19.6 Å². The molecule has 0 radical (unpaired) electrons. The molecule has 226 valence electrons. The van der Waals surface area contributed by atoms with Gasteiger partial charge in [-0.15, -0.1) is 0 Å². The van der Waals surface area contributed by atoms with Gasteiger partial charge in [-0.2, -0.15) is 13.2 Å². The van der Waals surface area contributed by atoms with Gasteiger partial charge < -0.3 is 29.8 Å². The Labute approximate surface area is 239 Å². The number of alkyl halides is 3. The SMILES string of the molecule is CCOC(=O)[C@@H]1C[C@@H](NC(=O)C(C)C)CN1C(=O)c1nc(-c2ccc(OC)c3nc(C(F)(F)F)ccc23)oc1[C@H](C)N. The molecule has 3 heterocycles. The number of nitrogens with two attached hydrogens (primary N) is 1. The number of nitrogens with one attached hydrogen (secondary N) is 1. The van der Waals surface area contributed by atoms with Crippen LogP contribution in [0.4, 0.5) is 13.2 Å². The van der Waals surface area contributed by atoms with E-state index < -0.39 is 41.9 Å². The smallest absolute Gasteiger partial charge is 0.433 e. The van der Waals surface area contributed by atoms with Crippen LogP contribution in [0.15, 0.2) is 28.7 Å². The first-order valence-electron chi connectivity index (χ1n) is 13.4. The van der Waals surface area contributed by atoms with Crippen molar-refractivity contribution >= 4 is 28.7 Å². The van der Waals surface area contributed by atoms with Crippen molar-refractivity contribution in [2.45, 2.75) is 58.4 Å². The zero-order valence-corrected chi connectivity index (χ0v) is 23.7. The van der Waals surface area contributed by atoms with Gasteiger partial charge in [-0.3, -0.25) is 9.59 Å². The molecule has 1 aliphatic rings. The molecule has 0 bridgehead atoms. The lowest BCUT2D eigenvalue weighted by Gasteiger charge is -2.22. The van der Waals surface area contributed by atoms with Crippen LogP contribution in [0.1, 0.15) is 62.1 Å². The number of rotatable bonds is 8. The molecule has 1 aromatic carbocycles. The molecule has 11 nitrogen and oxygen atoms in total. The summed E-state index contributed by atoms with van der Waals surface area (Å²) >= 11 is 0. The van der Waals surface area contributed by atoms with Crippen LogP contribution in [0.2, 0.25) is 0 Å². The monoisotopic (exact) mass is 591 g/mol. The number of fused-ring (bicyclic) bond motifs is 1. The number of methoxy groups -OCH3 is 1. The van der Waals surface area contributed by atoms with Crippen LogP contribution in [0, 0.1) is 5.92 Å². The minimum Gasteiger partial charge on any atom is -0.494 e. The molecule has 0 spiro atoms. The van der Waals surface area contributed by atoms with Crippen molar-refractivity contribution in [3.63, 3.8) is 0 Å². The van der Waals surface area contributed by atoms with Crippen LogP contribution in [0.5, 0.6) is 5.75 Å². The summed E-state index contributed by atoms with van der Waals surface area (Å²) in [5, 5.41) is 3.08. The summed E-state index contributed by atoms with van der Waals surface area (Å²) in [4.78, 5) is 48.5. The van der Waals surface area contributed by atoms with E-state index >= 15 is 0 Å². The van der Waals surface area contributed by atoms with Crippen LogP contribution < -0.4 is 15.8 Å². The first kappa shape index (κ1) is 30.8. The summed E-state index contributed by atoms with van der Waals surface area (Å²) in [6.07, 6.45) is -4.55. The average Bonchev–Trinajstić information content (AvgIpc) is 3.56. The number of likely N-dealkylation sites (tertiary alicyclic amines) is 1. The van der Waals surface area contributed by atoms with Gasteiger partial charge in [0.2, 0.25) is 11.8 Å². The Hall–Kier alpha value is -4.20. The van der Waals surface area contributed by atoms with Gasteiger partial charge in [0.15, 0.2) is 11.5 Å². The number of carbonyl (C=O) groups is 3. The highest BCUT2D eigenvalue weighted by Gasteiger charge is 2.43. The quantitative estimate of drug-likeness (QED) is 0.372. The standard InChI is InChI=1S/C28H32F3N5O6/c1-6-41-27(39)18-11-15(33-24(37)13(2)3)12-36(18)26(38)22-23(14(4)32)42-25(35-22)17-7-9-19(40-5)21-16(17)8-10-20(34-21)28(29,30)31/h7-10,13-15,18H,6,11-12,32H2,1-5H3,(H,33,37)/t14-,15+,18-/m0/s1. The molecule has 0 aliphatic carbocycles. The number of nitrogens with zero attached hydrogens (tertiary/aromatic N) is 3. The number of aromatic nitrogens is 2. The van der Waals surface area contributed by atoms with Gasteiger partial charge in [0, 0.05) is 35.9 Å². The summed E-state index contributed by atoms with van der Waals surface area (Å²) in [6.45, 7) is 6.77. The second-order valence-corrected chi connectivity index (χ2v) is 10.2. The summed E-state index contributed by atoms with van der Waals surface area (Å²) in [5.41, 5.74) is 5.01. The highest BCUT2D eigenvalue weighted by atomic mass is 19.4. The molecule has 2 aromatic heterocycles. The van der Waals surface area contributed by atoms with Gasteiger partial charge in [-0.25, -0.2) is 14.8 Å². The number of hydrogen-bond acceptors (Lipinski definition) is 9. The van der Waals surface area contributed by atoms with Gasteiger partial charge in [0.05, 0.1) is 19.8 Å². The maximum absolute atomic E-state index is 13.9. The highest BCUT2D eigenvalue weighted by Crippen LogP contribution is 2.38. The van der Waals surface area contributed by atoms with E-state index in [1.807, 2.05) is 0 Å². The fourth-order valence-corrected chi connectivity index (χ4v) is 4.74. The molecule has 42 heavy (non-hydrogen) atoms. The van der Waals surface area contributed by atoms with Gasteiger partial charge in [0.1, 0.15) is 23.0 Å². The van der Waals surface area contributed by atoms with Gasteiger partial charge in [-0.1, -0.05) is 13.8 Å². The first-order valence-corrected chi connectivity index (χ1v) is 13.4. The lowest BCUT2D eigenvalue weighted by Crippen LogP contribution is -2.43. The van der Waals surface area contributed by atoms with E-state index in [-0.39, 0.29) is 71.0 Å². The first-order chi connectivity index (χ1) is 19.8. The van der Waals surface area contributed by atoms with Crippen LogP contribution in [0.3, 0.4) is 0 Å². The molecule has 4 rings (SSSR count). The molecule has 2 amide bonds. The number of amides is 2. The fourth-order valence-electron chi connectivity index (χ4n) is 4.74. The molecule has 3 atom stereocenters. The third-order valence-electron chi connectivity index (χ3n) is 6.82. The highest BCUT2D eigenvalue weighted by molar-refractivity contribution is 5.99. The molecular formula is C28H32F3N5O6. The molecule has 1 fully saturated rings. The molecule has 3 aromatic rings. The summed E-state index contributed by atoms with van der Waals surface area (Å²) in [7, 11) is 1.30. The molecule has 14 heteroatoms. The number of carbonyl (C=O) groups excluding carboxylic acids is 3. The lowest BCUT2D eigenvalue weighted by atomic mass is 10.1. The number of benzene rings is 1. The Morgan fingerprint density at radius 1 is 1.17 bits per heavy atom. The summed E-state index contributed by atoms with van der Waals surface area (Å²) in [6, 6.07) is 2.67. The predicted molar refractivity (Wildman–Crippen MR) is 144 cm³/mol. The normalized spacial score (nSPS) is 17.9. The van der Waals surface area contributed by atoms with Crippen molar-refractivity contribution in [1.29, 1.82) is 0 Å². The zero-order valence-electron chi connectivity index (χ0n) is 23.7. The maximum Gasteiger partial charge on any atom is 0.433 e. The average molecular weight is 592 g/mol. The fraction of sp³-hybridized carbons (Fsp3) is 0.464. The number of ether oxygens (including phenoxy) is 2. The second-order valence-electron chi connectivity index (χ2n) is 10.2. The largest absolute Gasteiger partial charge is 0.494 e. The van der Waals surface area contributed by atoms with Crippen molar-refractivity contribution in [2.75, 3.05) is 20.3 Å². The Morgan fingerprint density at radius 3 is 2.48 bits per heavy atom. The molecule has 1 aliphatic heterocycles. The number of hydrogen-bond donors (Lipinski definition) is 2. The van der Waals surface area contributed by atoms with Crippen molar-refractivity contribution < 1.29 is 41.4 Å². The molecule has 0 unspecified atom stereocenters. The number of halogens is 3. The third kappa shape index (κ3) is 6.03. The number of pyridine rings is 1. The topological polar surface area (TPSA) is 150 Å². The Balaban J connectivity index is 1.77. The Bertz CT molecular complexity index is 1500. The van der Waals surface area contributed by atoms with Crippen LogP contribution in [-0.2, 0) is 20.5 Å². The lowest BCUT2D eigenvalue weighted by molar-refractivity contribution is -0.147. The van der Waals surface area contributed by atoms with E-state index in [1.54, 1.807) is 27.7 Å². The van der Waals surface area contributed by atoms with Crippen LogP contribution in [-0.4, -0.2) is 65.0 Å². The molecule has 1 saturated heterocycles. The molecule has 3 N–H and O–H groups in total. The number of oxazole rings is 1. The van der Waals surface area contributed by atoms with Gasteiger partial charge in [0.25, 0.3) is 5.91 Å². The Morgan fingerprint density at radius 2 is 1.88 bits per heavy atom. The van der Waals surface area contributed by atoms with E-state index in [2.05, 4.69) is 15.3 Å². The van der Waals surface area contributed by atoms with Crippen molar-refractivity contribution in [1.82, 2.24) is 20.2 Å². The zero-order chi connectivity index (χ0) is 30.9. The van der Waals surface area contributed by atoms with E-state index in [9.17, 15) is 27.6 Å². The molecular weight excluding hydrogens is 559 g/mol. The second kappa shape index (κ2) is 12.0. The van der Waals surface area contributed by atoms with Crippen molar-refractivity contribution in [3.8, 4) is 17.2 Å². The van der Waals surface area contributed by atoms with Crippen LogP contribution >= 0.6 is 0 Å². The maximum atomic E-state index is 13.9. The van der Waals surface area contributed by atoms with Crippen molar-refractivity contribution in [3.05, 3.63) is 41.4 Å². The molecule has 0 saturated carbocycles. The summed E-state index contributed by atoms with van der Waals surface area (Å²) < 4.78 is 56.5. The van der Waals surface area contributed by atoms with E-state index in [0.717, 1.165) is 6.07 Å². The van der Waals surface area contributed by atoms with Gasteiger partial charge in [-0.05, 0) is 38.1 Å².